The number of aliphatic imine (C=N–C) groups is 4. The van der Waals surface area contributed by atoms with Crippen molar-refractivity contribution in [3.05, 3.63) is 81.5 Å². The Morgan fingerprint density at radius 2 is 1.47 bits per heavy atom. The Morgan fingerprint density at radius 1 is 0.837 bits per heavy atom. The van der Waals surface area contributed by atoms with E-state index in [1.807, 2.05) is 65.0 Å². The number of esters is 2. The number of carbonyl (C=O) groups is 3. The molecular formula is C39H47N5O5. The minimum absolute atomic E-state index is 0.0715. The maximum Gasteiger partial charge on any atom is 0.328 e. The van der Waals surface area contributed by atoms with E-state index in [1.165, 1.54) is 14.2 Å². The zero-order valence-electron chi connectivity index (χ0n) is 30.1. The van der Waals surface area contributed by atoms with Gasteiger partial charge in [0.2, 0.25) is 5.91 Å². The van der Waals surface area contributed by atoms with Crippen LogP contribution in [-0.2, 0) is 23.9 Å². The number of rotatable bonds is 10. The molecule has 1 N–H and O–H groups in total. The molecule has 8 bridgehead atoms. The van der Waals surface area contributed by atoms with Gasteiger partial charge in [0.25, 0.3) is 0 Å². The Labute approximate surface area is 289 Å². The summed E-state index contributed by atoms with van der Waals surface area (Å²) >= 11 is 0. The maximum atomic E-state index is 13.3. The Morgan fingerprint density at radius 3 is 2.08 bits per heavy atom. The number of nitrogens with zero attached hydrogens (tertiary/aromatic N) is 4. The highest BCUT2D eigenvalue weighted by Crippen LogP contribution is 2.46. The van der Waals surface area contributed by atoms with Crippen LogP contribution in [-0.4, -0.2) is 61.0 Å². The molecule has 0 aromatic rings. The van der Waals surface area contributed by atoms with Crippen LogP contribution in [0.25, 0.3) is 0 Å². The largest absolute Gasteiger partial charge is 0.469 e. The van der Waals surface area contributed by atoms with E-state index in [2.05, 4.69) is 25.2 Å². The summed E-state index contributed by atoms with van der Waals surface area (Å²) in [5, 5.41) is 2.92. The maximum absolute atomic E-state index is 13.3. The fourth-order valence-electron chi connectivity index (χ4n) is 6.72. The average Bonchev–Trinajstić information content (AvgIpc) is 3.75. The van der Waals surface area contributed by atoms with Crippen molar-refractivity contribution in [1.29, 1.82) is 0 Å². The van der Waals surface area contributed by atoms with Gasteiger partial charge in [-0.3, -0.25) is 14.6 Å². The first-order chi connectivity index (χ1) is 23.2. The van der Waals surface area contributed by atoms with E-state index in [1.54, 1.807) is 0 Å². The summed E-state index contributed by atoms with van der Waals surface area (Å²) in [6, 6.07) is -0.713. The number of nitrogens with one attached hydrogen (secondary N) is 1. The molecule has 258 valence electrons. The lowest BCUT2D eigenvalue weighted by molar-refractivity contribution is -0.146. The molecule has 3 atom stereocenters. The van der Waals surface area contributed by atoms with Crippen LogP contribution in [0.1, 0.15) is 80.6 Å². The van der Waals surface area contributed by atoms with Gasteiger partial charge < -0.3 is 14.8 Å². The number of amides is 1. The first kappa shape index (κ1) is 35.6. The second-order valence-electron chi connectivity index (χ2n) is 13.8. The normalized spacial score (nSPS) is 21.9. The van der Waals surface area contributed by atoms with Gasteiger partial charge in [0.15, 0.2) is 0 Å². The van der Waals surface area contributed by atoms with E-state index < -0.39 is 17.4 Å². The fraction of sp³-hybridized carbons (Fsp3) is 0.462. The van der Waals surface area contributed by atoms with Crippen molar-refractivity contribution in [2.45, 2.75) is 86.6 Å². The second kappa shape index (κ2) is 14.4. The van der Waals surface area contributed by atoms with E-state index in [-0.39, 0.29) is 36.6 Å². The van der Waals surface area contributed by atoms with Gasteiger partial charge in [0.1, 0.15) is 6.04 Å². The predicted molar refractivity (Wildman–Crippen MR) is 193 cm³/mol. The summed E-state index contributed by atoms with van der Waals surface area (Å²) in [5.74, 6) is -1.18. The van der Waals surface area contributed by atoms with Crippen molar-refractivity contribution in [1.82, 2.24) is 5.32 Å². The molecule has 0 spiro atoms. The van der Waals surface area contributed by atoms with Crippen LogP contribution in [0.15, 0.2) is 102 Å². The molecular weight excluding hydrogens is 618 g/mol. The molecule has 0 aromatic heterocycles. The van der Waals surface area contributed by atoms with Gasteiger partial charge in [-0.25, -0.2) is 19.8 Å². The number of hydrogen-bond acceptors (Lipinski definition) is 9. The van der Waals surface area contributed by atoms with Crippen LogP contribution >= 0.6 is 0 Å². The lowest BCUT2D eigenvalue weighted by Gasteiger charge is -2.29. The van der Waals surface area contributed by atoms with Gasteiger partial charge in [-0.1, -0.05) is 34.1 Å². The monoisotopic (exact) mass is 665 g/mol. The SMILES string of the molecule is CCC(C)C(NC(=O)CCC1C2=NC(=CC3=NC(=CC4=NC(=CC5=NC(=C2)C(CCC(=O)OC)=C5C)C=C4C)C=C3C)C1(C)C)C(=O)OC. The summed E-state index contributed by atoms with van der Waals surface area (Å²) in [4.78, 5) is 58.2. The van der Waals surface area contributed by atoms with Crippen molar-refractivity contribution >= 4 is 40.7 Å². The van der Waals surface area contributed by atoms with Gasteiger partial charge >= 0.3 is 11.9 Å². The van der Waals surface area contributed by atoms with Gasteiger partial charge in [-0.05, 0) is 98.3 Å². The first-order valence-corrected chi connectivity index (χ1v) is 17.0. The van der Waals surface area contributed by atoms with Crippen LogP contribution in [0.5, 0.6) is 0 Å². The molecule has 0 saturated heterocycles. The molecule has 0 aromatic carbocycles. The molecule has 0 aliphatic carbocycles. The van der Waals surface area contributed by atoms with Crippen molar-refractivity contribution in [3.63, 3.8) is 0 Å². The Balaban J connectivity index is 1.58. The van der Waals surface area contributed by atoms with Gasteiger partial charge in [0.05, 0.1) is 48.4 Å². The van der Waals surface area contributed by atoms with Crippen LogP contribution in [0.4, 0.5) is 0 Å². The number of ether oxygens (including phenoxy) is 2. The van der Waals surface area contributed by atoms with Crippen molar-refractivity contribution in [2.75, 3.05) is 14.2 Å². The van der Waals surface area contributed by atoms with E-state index in [0.717, 1.165) is 74.3 Å². The van der Waals surface area contributed by atoms with E-state index in [9.17, 15) is 14.4 Å². The number of carbonyl (C=O) groups excluding carboxylic acids is 3. The third-order valence-corrected chi connectivity index (χ3v) is 10.1. The molecule has 5 aliphatic heterocycles. The molecule has 0 fully saturated rings. The molecule has 0 saturated carbocycles. The topological polar surface area (TPSA) is 131 Å². The molecule has 5 heterocycles. The quantitative estimate of drug-likeness (QED) is 0.261. The summed E-state index contributed by atoms with van der Waals surface area (Å²) in [5.41, 5.74) is 9.95. The minimum Gasteiger partial charge on any atom is -0.469 e. The number of fused-ring (bicyclic) bond motifs is 4. The number of hydrogen-bond donors (Lipinski definition) is 1. The van der Waals surface area contributed by atoms with Gasteiger partial charge in [-0.2, -0.15) is 0 Å². The van der Waals surface area contributed by atoms with Crippen LogP contribution < -0.4 is 5.32 Å². The molecule has 10 nitrogen and oxygen atoms in total. The smallest absolute Gasteiger partial charge is 0.328 e. The van der Waals surface area contributed by atoms with E-state index in [0.29, 0.717) is 12.8 Å². The fourth-order valence-corrected chi connectivity index (χ4v) is 6.72. The van der Waals surface area contributed by atoms with Crippen LogP contribution in [0.3, 0.4) is 0 Å². The number of methoxy groups -OCH3 is 2. The molecule has 5 aliphatic rings. The Kier molecular flexibility index (Phi) is 10.5. The van der Waals surface area contributed by atoms with Crippen LogP contribution in [0.2, 0.25) is 0 Å². The summed E-state index contributed by atoms with van der Waals surface area (Å²) in [7, 11) is 2.73. The third-order valence-electron chi connectivity index (χ3n) is 10.1. The molecule has 3 unspecified atom stereocenters. The van der Waals surface area contributed by atoms with Crippen molar-refractivity contribution < 1.29 is 23.9 Å². The van der Waals surface area contributed by atoms with Gasteiger partial charge in [0, 0.05) is 35.6 Å². The molecule has 0 radical (unpaired) electrons. The highest BCUT2D eigenvalue weighted by molar-refractivity contribution is 6.17. The lowest BCUT2D eigenvalue weighted by atomic mass is 9.73. The summed E-state index contributed by atoms with van der Waals surface area (Å²) in [6.07, 6.45) is 14.2. The van der Waals surface area contributed by atoms with Crippen molar-refractivity contribution in [2.24, 2.45) is 37.2 Å². The molecule has 10 heteroatoms. The summed E-state index contributed by atoms with van der Waals surface area (Å²) in [6.45, 7) is 14.3. The Bertz CT molecular complexity index is 1820. The van der Waals surface area contributed by atoms with Gasteiger partial charge in [-0.15, -0.1) is 0 Å². The molecule has 1 amide bonds. The van der Waals surface area contributed by atoms with E-state index in [4.69, 9.17) is 29.4 Å². The molecule has 49 heavy (non-hydrogen) atoms. The zero-order valence-corrected chi connectivity index (χ0v) is 30.1. The summed E-state index contributed by atoms with van der Waals surface area (Å²) < 4.78 is 9.94. The van der Waals surface area contributed by atoms with Crippen molar-refractivity contribution in [3.8, 4) is 0 Å². The average molecular weight is 666 g/mol. The lowest BCUT2D eigenvalue weighted by Crippen LogP contribution is -2.45. The number of allylic oxidation sites excluding steroid dienone is 11. The predicted octanol–water partition coefficient (Wildman–Crippen LogP) is 6.64. The van der Waals surface area contributed by atoms with E-state index >= 15 is 0 Å². The third kappa shape index (κ3) is 7.48. The molecule has 5 rings (SSSR count). The Hall–Kier alpha value is -4.73. The minimum atomic E-state index is -0.713. The highest BCUT2D eigenvalue weighted by atomic mass is 16.5. The first-order valence-electron chi connectivity index (χ1n) is 17.0. The second-order valence-corrected chi connectivity index (χ2v) is 13.8. The zero-order chi connectivity index (χ0) is 35.6. The standard InChI is InChI=1S/C39H47N5O5/c1-10-21(2)37(38(47)49-9)44-35(45)13-12-28-33-19-32-27(11-14-36(46)48-8)24(5)31(42-32)18-26-15-22(3)29(40-26)17-25-16-23(4)30(41-25)20-34(43-33)39(28,6)7/h15-21,28,37H,10-14H2,1-9H3,(H,44,45). The van der Waals surface area contributed by atoms with Crippen LogP contribution in [0, 0.1) is 17.3 Å². The highest BCUT2D eigenvalue weighted by Gasteiger charge is 2.42.